The van der Waals surface area contributed by atoms with Crippen molar-refractivity contribution < 1.29 is 14.2 Å². The molecule has 0 heterocycles. The van der Waals surface area contributed by atoms with E-state index in [1.165, 1.54) is 5.56 Å². The number of nitrogens with one attached hydrogen (secondary N) is 1. The summed E-state index contributed by atoms with van der Waals surface area (Å²) in [5, 5.41) is 3.35. The standard InChI is InChI=1S/C21H29NO3/c1-21(2,3)17-8-10-19(11-9-17)24-13-12-22-18-6-5-7-20(16-18)25-15-14-23-4/h5-11,16,22H,12-15H2,1-4H3. The Bertz CT molecular complexity index is 632. The topological polar surface area (TPSA) is 39.7 Å². The lowest BCUT2D eigenvalue weighted by Gasteiger charge is -2.19. The van der Waals surface area contributed by atoms with Gasteiger partial charge in [0.2, 0.25) is 0 Å². The number of ether oxygens (including phenoxy) is 3. The normalized spacial score (nSPS) is 11.2. The molecular weight excluding hydrogens is 314 g/mol. The Hall–Kier alpha value is -2.20. The van der Waals surface area contributed by atoms with Crippen molar-refractivity contribution in [1.29, 1.82) is 0 Å². The van der Waals surface area contributed by atoms with E-state index < -0.39 is 0 Å². The second-order valence-electron chi connectivity index (χ2n) is 6.92. The average molecular weight is 343 g/mol. The number of hydrogen-bond donors (Lipinski definition) is 1. The van der Waals surface area contributed by atoms with Gasteiger partial charge in [0.25, 0.3) is 0 Å². The molecule has 0 aromatic heterocycles. The predicted molar refractivity (Wildman–Crippen MR) is 103 cm³/mol. The maximum atomic E-state index is 5.79. The summed E-state index contributed by atoms with van der Waals surface area (Å²) in [7, 11) is 1.66. The second kappa shape index (κ2) is 9.33. The fourth-order valence-electron chi connectivity index (χ4n) is 2.35. The van der Waals surface area contributed by atoms with Crippen LogP contribution in [0.25, 0.3) is 0 Å². The lowest BCUT2D eigenvalue weighted by Crippen LogP contribution is -2.13. The highest BCUT2D eigenvalue weighted by Gasteiger charge is 2.12. The summed E-state index contributed by atoms with van der Waals surface area (Å²) in [6.45, 7) is 9.08. The molecule has 0 atom stereocenters. The molecule has 0 saturated carbocycles. The lowest BCUT2D eigenvalue weighted by molar-refractivity contribution is 0.146. The molecule has 0 bridgehead atoms. The van der Waals surface area contributed by atoms with E-state index in [4.69, 9.17) is 14.2 Å². The Morgan fingerprint density at radius 2 is 1.56 bits per heavy atom. The van der Waals surface area contributed by atoms with Gasteiger partial charge in [-0.1, -0.05) is 39.0 Å². The number of methoxy groups -OCH3 is 1. The largest absolute Gasteiger partial charge is 0.492 e. The lowest BCUT2D eigenvalue weighted by atomic mass is 9.87. The maximum absolute atomic E-state index is 5.79. The molecule has 1 N–H and O–H groups in total. The molecule has 2 rings (SSSR count). The number of anilines is 1. The van der Waals surface area contributed by atoms with Gasteiger partial charge < -0.3 is 19.5 Å². The highest BCUT2D eigenvalue weighted by Crippen LogP contribution is 2.24. The van der Waals surface area contributed by atoms with Crippen LogP contribution in [0.15, 0.2) is 48.5 Å². The molecule has 0 aliphatic rings. The fourth-order valence-corrected chi connectivity index (χ4v) is 2.35. The Morgan fingerprint density at radius 1 is 0.840 bits per heavy atom. The number of hydrogen-bond acceptors (Lipinski definition) is 4. The monoisotopic (exact) mass is 343 g/mol. The fraction of sp³-hybridized carbons (Fsp3) is 0.429. The van der Waals surface area contributed by atoms with E-state index in [0.29, 0.717) is 19.8 Å². The Morgan fingerprint density at radius 3 is 2.24 bits per heavy atom. The van der Waals surface area contributed by atoms with Crippen molar-refractivity contribution in [1.82, 2.24) is 0 Å². The highest BCUT2D eigenvalue weighted by molar-refractivity contribution is 5.48. The van der Waals surface area contributed by atoms with Crippen LogP contribution in [-0.4, -0.2) is 33.5 Å². The van der Waals surface area contributed by atoms with Gasteiger partial charge in [0, 0.05) is 25.4 Å². The average Bonchev–Trinajstić information content (AvgIpc) is 2.59. The minimum Gasteiger partial charge on any atom is -0.492 e. The van der Waals surface area contributed by atoms with E-state index in [-0.39, 0.29) is 5.41 Å². The van der Waals surface area contributed by atoms with Crippen LogP contribution < -0.4 is 14.8 Å². The summed E-state index contributed by atoms with van der Waals surface area (Å²) < 4.78 is 16.4. The van der Waals surface area contributed by atoms with Crippen molar-refractivity contribution in [3.8, 4) is 11.5 Å². The zero-order valence-electron chi connectivity index (χ0n) is 15.7. The summed E-state index contributed by atoms with van der Waals surface area (Å²) in [6.07, 6.45) is 0. The molecular formula is C21H29NO3. The molecule has 2 aromatic rings. The minimum absolute atomic E-state index is 0.163. The van der Waals surface area contributed by atoms with Gasteiger partial charge in [0.15, 0.2) is 0 Å². The minimum atomic E-state index is 0.163. The van der Waals surface area contributed by atoms with Crippen molar-refractivity contribution in [3.63, 3.8) is 0 Å². The molecule has 0 amide bonds. The van der Waals surface area contributed by atoms with Crippen LogP contribution in [0.3, 0.4) is 0 Å². The number of rotatable bonds is 9. The van der Waals surface area contributed by atoms with E-state index in [2.05, 4.69) is 38.2 Å². The van der Waals surface area contributed by atoms with Crippen molar-refractivity contribution in [2.75, 3.05) is 38.8 Å². The van der Waals surface area contributed by atoms with Gasteiger partial charge in [0.1, 0.15) is 24.7 Å². The van der Waals surface area contributed by atoms with Crippen LogP contribution >= 0.6 is 0 Å². The van der Waals surface area contributed by atoms with Crippen molar-refractivity contribution in [3.05, 3.63) is 54.1 Å². The maximum Gasteiger partial charge on any atom is 0.121 e. The first-order valence-electron chi connectivity index (χ1n) is 8.68. The van der Waals surface area contributed by atoms with Crippen molar-refractivity contribution >= 4 is 5.69 Å². The van der Waals surface area contributed by atoms with Gasteiger partial charge in [0.05, 0.1) is 6.61 Å². The van der Waals surface area contributed by atoms with Crippen LogP contribution in [0.5, 0.6) is 11.5 Å². The van der Waals surface area contributed by atoms with E-state index in [0.717, 1.165) is 23.7 Å². The molecule has 136 valence electrons. The first kappa shape index (κ1) is 19.1. The van der Waals surface area contributed by atoms with Gasteiger partial charge in [-0.25, -0.2) is 0 Å². The Kier molecular flexibility index (Phi) is 7.14. The SMILES string of the molecule is COCCOc1cccc(NCCOc2ccc(C(C)(C)C)cc2)c1. The Labute approximate surface area is 151 Å². The summed E-state index contributed by atoms with van der Waals surface area (Å²) >= 11 is 0. The summed E-state index contributed by atoms with van der Waals surface area (Å²) in [5.41, 5.74) is 2.49. The van der Waals surface area contributed by atoms with Crippen molar-refractivity contribution in [2.45, 2.75) is 26.2 Å². The third-order valence-corrected chi connectivity index (χ3v) is 3.81. The zero-order chi connectivity index (χ0) is 18.1. The first-order valence-corrected chi connectivity index (χ1v) is 8.68. The van der Waals surface area contributed by atoms with Crippen LogP contribution in [0.2, 0.25) is 0 Å². The molecule has 0 spiro atoms. The van der Waals surface area contributed by atoms with Gasteiger partial charge >= 0.3 is 0 Å². The second-order valence-corrected chi connectivity index (χ2v) is 6.92. The third-order valence-electron chi connectivity index (χ3n) is 3.81. The first-order chi connectivity index (χ1) is 12.0. The molecule has 0 unspecified atom stereocenters. The molecule has 0 fully saturated rings. The third kappa shape index (κ3) is 6.67. The number of benzene rings is 2. The smallest absolute Gasteiger partial charge is 0.121 e. The van der Waals surface area contributed by atoms with Crippen LogP contribution in [0, 0.1) is 0 Å². The highest BCUT2D eigenvalue weighted by atomic mass is 16.5. The summed E-state index contributed by atoms with van der Waals surface area (Å²) in [4.78, 5) is 0. The molecule has 0 aliphatic heterocycles. The summed E-state index contributed by atoms with van der Waals surface area (Å²) in [5.74, 6) is 1.73. The zero-order valence-corrected chi connectivity index (χ0v) is 15.7. The molecule has 0 saturated heterocycles. The van der Waals surface area contributed by atoms with Crippen LogP contribution in [-0.2, 0) is 10.2 Å². The van der Waals surface area contributed by atoms with Gasteiger partial charge in [-0.3, -0.25) is 0 Å². The van der Waals surface area contributed by atoms with Crippen LogP contribution in [0.4, 0.5) is 5.69 Å². The molecule has 4 nitrogen and oxygen atoms in total. The molecule has 25 heavy (non-hydrogen) atoms. The van der Waals surface area contributed by atoms with E-state index in [1.807, 2.05) is 36.4 Å². The Balaban J connectivity index is 1.74. The van der Waals surface area contributed by atoms with Gasteiger partial charge in [-0.15, -0.1) is 0 Å². The molecule has 4 heteroatoms. The molecule has 0 aliphatic carbocycles. The van der Waals surface area contributed by atoms with E-state index >= 15 is 0 Å². The summed E-state index contributed by atoms with van der Waals surface area (Å²) in [6, 6.07) is 16.2. The quantitative estimate of drug-likeness (QED) is 0.681. The van der Waals surface area contributed by atoms with Crippen LogP contribution in [0.1, 0.15) is 26.3 Å². The molecule has 2 aromatic carbocycles. The van der Waals surface area contributed by atoms with Gasteiger partial charge in [-0.05, 0) is 35.2 Å². The molecule has 0 radical (unpaired) electrons. The predicted octanol–water partition coefficient (Wildman–Crippen LogP) is 4.50. The van der Waals surface area contributed by atoms with E-state index in [9.17, 15) is 0 Å². The van der Waals surface area contributed by atoms with E-state index in [1.54, 1.807) is 7.11 Å². The van der Waals surface area contributed by atoms with Crippen molar-refractivity contribution in [2.24, 2.45) is 0 Å². The van der Waals surface area contributed by atoms with Gasteiger partial charge in [-0.2, -0.15) is 0 Å².